The largest absolute Gasteiger partial charge is 0.472 e. The predicted octanol–water partition coefficient (Wildman–Crippen LogP) is 2.29. The number of ether oxygens (including phenoxy) is 1. The first-order valence-corrected chi connectivity index (χ1v) is 11.9. The Hall–Kier alpha value is -2.97. The normalized spacial score (nSPS) is 22.0. The summed E-state index contributed by atoms with van der Waals surface area (Å²) in [6, 6.07) is 9.84. The van der Waals surface area contributed by atoms with Gasteiger partial charge in [0.25, 0.3) is 5.91 Å². The molecule has 8 heteroatoms. The van der Waals surface area contributed by atoms with Crippen molar-refractivity contribution < 1.29 is 23.5 Å². The summed E-state index contributed by atoms with van der Waals surface area (Å²) >= 11 is 0. The molecule has 4 rings (SSSR count). The molecule has 2 unspecified atom stereocenters. The van der Waals surface area contributed by atoms with Crippen LogP contribution in [0.1, 0.15) is 49.0 Å². The number of Topliss-reactive ketones (excluding diaryl/α,β-unsaturated/α-hetero) is 1. The molecule has 0 radical (unpaired) electrons. The van der Waals surface area contributed by atoms with Crippen LogP contribution in [-0.2, 0) is 19.7 Å². The molecule has 2 aliphatic heterocycles. The van der Waals surface area contributed by atoms with Crippen molar-refractivity contribution in [2.75, 3.05) is 26.2 Å². The van der Waals surface area contributed by atoms with E-state index in [1.807, 2.05) is 44.2 Å². The second-order valence-corrected chi connectivity index (χ2v) is 9.80. The zero-order chi connectivity index (χ0) is 24.1. The summed E-state index contributed by atoms with van der Waals surface area (Å²) in [5.74, 6) is -0.934. The van der Waals surface area contributed by atoms with Gasteiger partial charge in [0.15, 0.2) is 5.78 Å². The lowest BCUT2D eigenvalue weighted by Gasteiger charge is -2.31. The number of rotatable bonds is 9. The number of amides is 2. The van der Waals surface area contributed by atoms with Crippen LogP contribution in [0, 0.1) is 0 Å². The van der Waals surface area contributed by atoms with E-state index >= 15 is 0 Å². The fourth-order valence-corrected chi connectivity index (χ4v) is 4.75. The van der Waals surface area contributed by atoms with Crippen LogP contribution in [0.25, 0.3) is 0 Å². The molecule has 182 valence electrons. The van der Waals surface area contributed by atoms with Gasteiger partial charge in [0.1, 0.15) is 25.0 Å². The van der Waals surface area contributed by atoms with Gasteiger partial charge in [-0.25, -0.2) is 0 Å². The number of carbonyl (C=O) groups is 3. The summed E-state index contributed by atoms with van der Waals surface area (Å²) < 4.78 is 10.7. The molecule has 8 nitrogen and oxygen atoms in total. The lowest BCUT2D eigenvalue weighted by Crippen LogP contribution is -2.55. The Labute approximate surface area is 200 Å². The van der Waals surface area contributed by atoms with Crippen LogP contribution < -0.4 is 10.6 Å². The molecule has 2 aromatic rings. The first-order valence-electron chi connectivity index (χ1n) is 11.9. The third-order valence-corrected chi connectivity index (χ3v) is 6.77. The Kier molecular flexibility index (Phi) is 7.48. The number of hydrogen-bond donors (Lipinski definition) is 2. The molecule has 2 saturated heterocycles. The van der Waals surface area contributed by atoms with E-state index in [1.165, 1.54) is 12.5 Å². The molecule has 2 fully saturated rings. The summed E-state index contributed by atoms with van der Waals surface area (Å²) in [5.41, 5.74) is 0.984. The molecular formula is C26H33N3O5. The number of benzene rings is 1. The fourth-order valence-electron chi connectivity index (χ4n) is 4.75. The molecule has 2 amide bonds. The maximum atomic E-state index is 13.5. The number of hydrogen-bond acceptors (Lipinski definition) is 6. The van der Waals surface area contributed by atoms with Crippen molar-refractivity contribution in [2.24, 2.45) is 0 Å². The zero-order valence-corrected chi connectivity index (χ0v) is 19.8. The number of nitrogens with zero attached hydrogens (tertiary/aromatic N) is 1. The van der Waals surface area contributed by atoms with Crippen LogP contribution in [0.3, 0.4) is 0 Å². The highest BCUT2D eigenvalue weighted by molar-refractivity contribution is 5.98. The monoisotopic (exact) mass is 467 g/mol. The molecule has 2 aliphatic rings. The second kappa shape index (κ2) is 10.5. The van der Waals surface area contributed by atoms with Gasteiger partial charge in [-0.1, -0.05) is 44.2 Å². The molecule has 1 aromatic heterocycles. The van der Waals surface area contributed by atoms with Gasteiger partial charge >= 0.3 is 0 Å². The number of nitrogens with one attached hydrogen (secondary N) is 2. The standard InChI is InChI=1S/C26H33N3O5/c1-26(2,19-8-4-3-5-9-19)14-20(27-24(31)18-10-13-33-16-18)25(32)28-23-21(30)17-34-22(23)15-29-11-6-7-12-29/h3-5,8-10,13,16,20,22-23H,6-7,11-12,14-15,17H2,1-2H3,(H,27,31)(H,28,32)/t20-,22?,23?/m0/s1. The topological polar surface area (TPSA) is 101 Å². The molecule has 2 N–H and O–H groups in total. The Morgan fingerprint density at radius 3 is 2.56 bits per heavy atom. The molecule has 3 heterocycles. The Morgan fingerprint density at radius 1 is 1.15 bits per heavy atom. The predicted molar refractivity (Wildman–Crippen MR) is 126 cm³/mol. The van der Waals surface area contributed by atoms with E-state index < -0.39 is 29.3 Å². The first-order chi connectivity index (χ1) is 16.3. The van der Waals surface area contributed by atoms with Gasteiger partial charge < -0.3 is 24.7 Å². The molecule has 0 aliphatic carbocycles. The highest BCUT2D eigenvalue weighted by atomic mass is 16.5. The zero-order valence-electron chi connectivity index (χ0n) is 19.8. The Bertz CT molecular complexity index is 983. The average Bonchev–Trinajstić information content (AvgIpc) is 3.59. The molecule has 3 atom stereocenters. The van der Waals surface area contributed by atoms with Crippen molar-refractivity contribution in [3.8, 4) is 0 Å². The van der Waals surface area contributed by atoms with E-state index in [0.29, 0.717) is 18.5 Å². The van der Waals surface area contributed by atoms with Crippen LogP contribution in [0.4, 0.5) is 0 Å². The van der Waals surface area contributed by atoms with E-state index in [-0.39, 0.29) is 18.5 Å². The van der Waals surface area contributed by atoms with E-state index in [1.54, 1.807) is 6.07 Å². The summed E-state index contributed by atoms with van der Waals surface area (Å²) in [4.78, 5) is 41.1. The Morgan fingerprint density at radius 2 is 1.88 bits per heavy atom. The van der Waals surface area contributed by atoms with Crippen molar-refractivity contribution in [1.29, 1.82) is 0 Å². The van der Waals surface area contributed by atoms with Crippen molar-refractivity contribution in [1.82, 2.24) is 15.5 Å². The smallest absolute Gasteiger partial charge is 0.255 e. The average molecular weight is 468 g/mol. The molecule has 0 bridgehead atoms. The van der Waals surface area contributed by atoms with Crippen molar-refractivity contribution in [2.45, 2.75) is 56.7 Å². The maximum Gasteiger partial charge on any atom is 0.255 e. The summed E-state index contributed by atoms with van der Waals surface area (Å²) in [5, 5.41) is 5.75. The van der Waals surface area contributed by atoms with Gasteiger partial charge in [-0.2, -0.15) is 0 Å². The highest BCUT2D eigenvalue weighted by Crippen LogP contribution is 2.29. The molecule has 0 spiro atoms. The van der Waals surface area contributed by atoms with Crippen molar-refractivity contribution in [3.05, 3.63) is 60.1 Å². The van der Waals surface area contributed by atoms with Gasteiger partial charge in [-0.3, -0.25) is 14.4 Å². The van der Waals surface area contributed by atoms with E-state index in [4.69, 9.17) is 9.15 Å². The first kappa shape index (κ1) is 24.2. The van der Waals surface area contributed by atoms with Crippen molar-refractivity contribution in [3.63, 3.8) is 0 Å². The van der Waals surface area contributed by atoms with E-state index in [0.717, 1.165) is 31.5 Å². The summed E-state index contributed by atoms with van der Waals surface area (Å²) in [7, 11) is 0. The number of furan rings is 1. The minimum Gasteiger partial charge on any atom is -0.472 e. The summed E-state index contributed by atoms with van der Waals surface area (Å²) in [6.45, 7) is 6.62. The van der Waals surface area contributed by atoms with Gasteiger partial charge in [0, 0.05) is 6.54 Å². The molecule has 34 heavy (non-hydrogen) atoms. The minimum absolute atomic E-state index is 0.00892. The lowest BCUT2D eigenvalue weighted by atomic mass is 9.79. The van der Waals surface area contributed by atoms with Crippen LogP contribution in [0.5, 0.6) is 0 Å². The van der Waals surface area contributed by atoms with E-state index in [9.17, 15) is 14.4 Å². The third-order valence-electron chi connectivity index (χ3n) is 6.77. The van der Waals surface area contributed by atoms with Gasteiger partial charge in [-0.05, 0) is 49.4 Å². The Balaban J connectivity index is 1.50. The molecular weight excluding hydrogens is 434 g/mol. The van der Waals surface area contributed by atoms with Crippen molar-refractivity contribution >= 4 is 17.6 Å². The van der Waals surface area contributed by atoms with Gasteiger partial charge in [-0.15, -0.1) is 0 Å². The molecule has 0 saturated carbocycles. The minimum atomic E-state index is -0.849. The number of likely N-dealkylation sites (tertiary alicyclic amines) is 1. The van der Waals surface area contributed by atoms with Gasteiger partial charge in [0.05, 0.1) is 17.9 Å². The van der Waals surface area contributed by atoms with Crippen LogP contribution in [0.2, 0.25) is 0 Å². The number of carbonyl (C=O) groups excluding carboxylic acids is 3. The van der Waals surface area contributed by atoms with Crippen LogP contribution >= 0.6 is 0 Å². The SMILES string of the molecule is CC(C)(C[C@H](NC(=O)c1ccoc1)C(=O)NC1C(=O)COC1CN1CCCC1)c1ccccc1. The van der Waals surface area contributed by atoms with Crippen LogP contribution in [0.15, 0.2) is 53.3 Å². The second-order valence-electron chi connectivity index (χ2n) is 9.80. The highest BCUT2D eigenvalue weighted by Gasteiger charge is 2.40. The van der Waals surface area contributed by atoms with Crippen LogP contribution in [-0.4, -0.2) is 66.9 Å². The van der Waals surface area contributed by atoms with Gasteiger partial charge in [0.2, 0.25) is 5.91 Å². The summed E-state index contributed by atoms with van der Waals surface area (Å²) in [6.07, 6.45) is 4.98. The quantitative estimate of drug-likeness (QED) is 0.587. The fraction of sp³-hybridized carbons (Fsp3) is 0.500. The molecule has 1 aromatic carbocycles. The van der Waals surface area contributed by atoms with E-state index in [2.05, 4.69) is 15.5 Å². The third kappa shape index (κ3) is 5.74. The number of ketones is 1. The maximum absolute atomic E-state index is 13.5. The lowest BCUT2D eigenvalue weighted by molar-refractivity contribution is -0.128.